The molecule has 1 aromatic rings. The Morgan fingerprint density at radius 3 is 2.95 bits per heavy atom. The molecular weight excluding hydrogens is 242 g/mol. The standard InChI is InChI=1S/C14H19N3O2/c1-15-13(18)9-17(2)14(19)12-5-3-4-10-8-16-7-6-11(10)12/h3-5,16H,6-9H2,1-2H3,(H,15,18). The van der Waals surface area contributed by atoms with Crippen LogP contribution in [0.3, 0.4) is 0 Å². The third-order valence-corrected chi connectivity index (χ3v) is 3.38. The van der Waals surface area contributed by atoms with Crippen LogP contribution in [-0.4, -0.2) is 43.9 Å². The van der Waals surface area contributed by atoms with Gasteiger partial charge in [0.1, 0.15) is 0 Å². The van der Waals surface area contributed by atoms with E-state index in [9.17, 15) is 9.59 Å². The van der Waals surface area contributed by atoms with Crippen LogP contribution in [0.25, 0.3) is 0 Å². The highest BCUT2D eigenvalue weighted by molar-refractivity contribution is 5.97. The van der Waals surface area contributed by atoms with E-state index in [1.54, 1.807) is 14.1 Å². The molecule has 1 aromatic carbocycles. The highest BCUT2D eigenvalue weighted by Crippen LogP contribution is 2.19. The van der Waals surface area contributed by atoms with Crippen molar-refractivity contribution in [3.63, 3.8) is 0 Å². The molecule has 2 N–H and O–H groups in total. The van der Waals surface area contributed by atoms with E-state index in [0.717, 1.165) is 25.1 Å². The van der Waals surface area contributed by atoms with Crippen molar-refractivity contribution in [2.24, 2.45) is 0 Å². The maximum Gasteiger partial charge on any atom is 0.254 e. The Bertz CT molecular complexity index is 499. The summed E-state index contributed by atoms with van der Waals surface area (Å²) < 4.78 is 0. The Labute approximate surface area is 113 Å². The highest BCUT2D eigenvalue weighted by atomic mass is 16.2. The third kappa shape index (κ3) is 2.93. The Kier molecular flexibility index (Phi) is 4.16. The first-order valence-electron chi connectivity index (χ1n) is 6.41. The summed E-state index contributed by atoms with van der Waals surface area (Å²) in [5, 5.41) is 5.81. The molecule has 0 aliphatic carbocycles. The van der Waals surface area contributed by atoms with Gasteiger partial charge in [0.15, 0.2) is 0 Å². The van der Waals surface area contributed by atoms with Gasteiger partial charge in [-0.15, -0.1) is 0 Å². The van der Waals surface area contributed by atoms with E-state index in [1.807, 2.05) is 18.2 Å². The van der Waals surface area contributed by atoms with E-state index in [-0.39, 0.29) is 18.4 Å². The molecule has 0 spiro atoms. The van der Waals surface area contributed by atoms with Crippen LogP contribution in [0.15, 0.2) is 18.2 Å². The molecule has 1 aliphatic heterocycles. The normalized spacial score (nSPS) is 13.6. The molecule has 1 aliphatic rings. The van der Waals surface area contributed by atoms with Gasteiger partial charge in [0.25, 0.3) is 5.91 Å². The zero-order chi connectivity index (χ0) is 13.8. The first kappa shape index (κ1) is 13.5. The number of hydrogen-bond donors (Lipinski definition) is 2. The van der Waals surface area contributed by atoms with Crippen LogP contribution in [0, 0.1) is 0 Å². The van der Waals surface area contributed by atoms with Crippen molar-refractivity contribution in [1.82, 2.24) is 15.5 Å². The van der Waals surface area contributed by atoms with Crippen molar-refractivity contribution in [1.29, 1.82) is 0 Å². The number of likely N-dealkylation sites (N-methyl/N-ethyl adjacent to an activating group) is 2. The molecule has 0 saturated heterocycles. The van der Waals surface area contributed by atoms with E-state index in [0.29, 0.717) is 5.56 Å². The van der Waals surface area contributed by atoms with Gasteiger partial charge in [-0.25, -0.2) is 0 Å². The second kappa shape index (κ2) is 5.84. The molecule has 0 saturated carbocycles. The van der Waals surface area contributed by atoms with Gasteiger partial charge in [-0.05, 0) is 30.2 Å². The van der Waals surface area contributed by atoms with Crippen molar-refractivity contribution in [3.8, 4) is 0 Å². The van der Waals surface area contributed by atoms with Crippen LogP contribution in [0.4, 0.5) is 0 Å². The molecule has 0 bridgehead atoms. The van der Waals surface area contributed by atoms with Gasteiger partial charge >= 0.3 is 0 Å². The van der Waals surface area contributed by atoms with Gasteiger partial charge in [-0.3, -0.25) is 9.59 Å². The topological polar surface area (TPSA) is 61.4 Å². The first-order chi connectivity index (χ1) is 9.13. The molecular formula is C14H19N3O2. The maximum absolute atomic E-state index is 12.4. The van der Waals surface area contributed by atoms with Gasteiger partial charge in [0, 0.05) is 26.2 Å². The quantitative estimate of drug-likeness (QED) is 0.814. The average Bonchev–Trinajstić information content (AvgIpc) is 2.45. The number of carbonyl (C=O) groups is 2. The van der Waals surface area contributed by atoms with Crippen LogP contribution in [-0.2, 0) is 17.8 Å². The summed E-state index contributed by atoms with van der Waals surface area (Å²) in [6.45, 7) is 1.77. The van der Waals surface area contributed by atoms with Crippen molar-refractivity contribution in [3.05, 3.63) is 34.9 Å². The maximum atomic E-state index is 12.4. The minimum absolute atomic E-state index is 0.0806. The number of nitrogens with one attached hydrogen (secondary N) is 2. The number of benzene rings is 1. The summed E-state index contributed by atoms with van der Waals surface area (Å²) in [5.74, 6) is -0.260. The van der Waals surface area contributed by atoms with Crippen molar-refractivity contribution in [2.45, 2.75) is 13.0 Å². The smallest absolute Gasteiger partial charge is 0.254 e. The lowest BCUT2D eigenvalue weighted by Gasteiger charge is -2.23. The van der Waals surface area contributed by atoms with E-state index in [2.05, 4.69) is 10.6 Å². The zero-order valence-corrected chi connectivity index (χ0v) is 11.3. The summed E-state index contributed by atoms with van der Waals surface area (Å²) in [7, 11) is 3.22. The summed E-state index contributed by atoms with van der Waals surface area (Å²) in [6.07, 6.45) is 0.852. The molecule has 1 heterocycles. The fourth-order valence-corrected chi connectivity index (χ4v) is 2.30. The minimum Gasteiger partial charge on any atom is -0.358 e. The van der Waals surface area contributed by atoms with Gasteiger partial charge in [0.05, 0.1) is 6.54 Å². The van der Waals surface area contributed by atoms with E-state index in [1.165, 1.54) is 10.5 Å². The van der Waals surface area contributed by atoms with Crippen LogP contribution in [0.2, 0.25) is 0 Å². The van der Waals surface area contributed by atoms with Gasteiger partial charge in [0.2, 0.25) is 5.91 Å². The number of fused-ring (bicyclic) bond motifs is 1. The molecule has 2 rings (SSSR count). The van der Waals surface area contributed by atoms with Crippen LogP contribution < -0.4 is 10.6 Å². The second-order valence-corrected chi connectivity index (χ2v) is 4.70. The SMILES string of the molecule is CNC(=O)CN(C)C(=O)c1cccc2c1CCNC2. The molecule has 0 radical (unpaired) electrons. The average molecular weight is 261 g/mol. The molecule has 2 amide bonds. The summed E-state index contributed by atoms with van der Waals surface area (Å²) in [4.78, 5) is 25.2. The van der Waals surface area contributed by atoms with Crippen molar-refractivity contribution in [2.75, 3.05) is 27.2 Å². The fourth-order valence-electron chi connectivity index (χ4n) is 2.30. The number of amides is 2. The summed E-state index contributed by atoms with van der Waals surface area (Å²) in [6, 6.07) is 5.77. The Morgan fingerprint density at radius 2 is 2.21 bits per heavy atom. The Balaban J connectivity index is 2.21. The summed E-state index contributed by atoms with van der Waals surface area (Å²) >= 11 is 0. The van der Waals surface area contributed by atoms with Crippen LogP contribution in [0.5, 0.6) is 0 Å². The molecule has 0 aromatic heterocycles. The van der Waals surface area contributed by atoms with Crippen molar-refractivity contribution >= 4 is 11.8 Å². The van der Waals surface area contributed by atoms with E-state index < -0.39 is 0 Å². The number of carbonyl (C=O) groups excluding carboxylic acids is 2. The second-order valence-electron chi connectivity index (χ2n) is 4.70. The van der Waals surface area contributed by atoms with E-state index >= 15 is 0 Å². The van der Waals surface area contributed by atoms with Crippen LogP contribution >= 0.6 is 0 Å². The van der Waals surface area contributed by atoms with Crippen LogP contribution in [0.1, 0.15) is 21.5 Å². The third-order valence-electron chi connectivity index (χ3n) is 3.38. The number of nitrogens with zero attached hydrogens (tertiary/aromatic N) is 1. The Hall–Kier alpha value is -1.88. The molecule has 0 unspecified atom stereocenters. The van der Waals surface area contributed by atoms with E-state index in [4.69, 9.17) is 0 Å². The molecule has 19 heavy (non-hydrogen) atoms. The highest BCUT2D eigenvalue weighted by Gasteiger charge is 2.20. The predicted octanol–water partition coefficient (Wildman–Crippen LogP) is 0.150. The first-order valence-corrected chi connectivity index (χ1v) is 6.41. The molecule has 5 heteroatoms. The lowest BCUT2D eigenvalue weighted by Crippen LogP contribution is -2.38. The molecule has 0 fully saturated rings. The van der Waals surface area contributed by atoms with Gasteiger partial charge in [-0.2, -0.15) is 0 Å². The Morgan fingerprint density at radius 1 is 1.42 bits per heavy atom. The summed E-state index contributed by atoms with van der Waals surface area (Å²) in [5.41, 5.74) is 2.99. The number of rotatable bonds is 3. The lowest BCUT2D eigenvalue weighted by molar-refractivity contribution is -0.121. The zero-order valence-electron chi connectivity index (χ0n) is 11.3. The monoisotopic (exact) mass is 261 g/mol. The molecule has 5 nitrogen and oxygen atoms in total. The number of hydrogen-bond acceptors (Lipinski definition) is 3. The largest absolute Gasteiger partial charge is 0.358 e. The van der Waals surface area contributed by atoms with Gasteiger partial charge in [-0.1, -0.05) is 12.1 Å². The predicted molar refractivity (Wildman–Crippen MR) is 72.9 cm³/mol. The van der Waals surface area contributed by atoms with Gasteiger partial charge < -0.3 is 15.5 Å². The lowest BCUT2D eigenvalue weighted by atomic mass is 9.95. The molecule has 102 valence electrons. The van der Waals surface area contributed by atoms with Crippen molar-refractivity contribution < 1.29 is 9.59 Å². The molecule has 0 atom stereocenters. The fraction of sp³-hybridized carbons (Fsp3) is 0.429. The minimum atomic E-state index is -0.165.